The van der Waals surface area contributed by atoms with Gasteiger partial charge in [0.15, 0.2) is 0 Å². The number of rotatable bonds is 3. The van der Waals surface area contributed by atoms with E-state index in [9.17, 15) is 9.59 Å². The highest BCUT2D eigenvalue weighted by atomic mass is 16.2. The second-order valence-electron chi connectivity index (χ2n) is 6.12. The highest BCUT2D eigenvalue weighted by Crippen LogP contribution is 2.26. The molecule has 1 aliphatic rings. The van der Waals surface area contributed by atoms with Crippen LogP contribution in [0.3, 0.4) is 0 Å². The number of benzene rings is 2. The summed E-state index contributed by atoms with van der Waals surface area (Å²) in [5.74, 6) is -0.360. The Labute approximate surface area is 136 Å². The fourth-order valence-electron chi connectivity index (χ4n) is 2.79. The Bertz CT molecular complexity index is 765. The van der Waals surface area contributed by atoms with Crippen LogP contribution >= 0.6 is 0 Å². The van der Waals surface area contributed by atoms with Gasteiger partial charge >= 0.3 is 0 Å². The molecule has 0 bridgehead atoms. The van der Waals surface area contributed by atoms with Gasteiger partial charge in [0, 0.05) is 5.69 Å². The van der Waals surface area contributed by atoms with E-state index in [1.165, 1.54) is 4.90 Å². The quantitative estimate of drug-likeness (QED) is 0.885. The molecule has 1 heterocycles. The van der Waals surface area contributed by atoms with Gasteiger partial charge in [0.2, 0.25) is 5.91 Å². The van der Waals surface area contributed by atoms with Crippen LogP contribution in [0, 0.1) is 20.8 Å². The van der Waals surface area contributed by atoms with E-state index in [2.05, 4.69) is 5.32 Å². The third-order valence-corrected chi connectivity index (χ3v) is 4.16. The van der Waals surface area contributed by atoms with Gasteiger partial charge in [0.05, 0.1) is 12.1 Å². The van der Waals surface area contributed by atoms with Crippen LogP contribution in [0.4, 0.5) is 11.4 Å². The van der Waals surface area contributed by atoms with Gasteiger partial charge in [-0.1, -0.05) is 29.8 Å². The van der Waals surface area contributed by atoms with E-state index >= 15 is 0 Å². The molecule has 2 aromatic rings. The van der Waals surface area contributed by atoms with Crippen molar-refractivity contribution in [1.29, 1.82) is 0 Å². The number of hydrogen-bond acceptors (Lipinski definition) is 3. The largest absolute Gasteiger partial charge is 0.373 e. The van der Waals surface area contributed by atoms with E-state index in [0.29, 0.717) is 5.69 Å². The Kier molecular flexibility index (Phi) is 3.90. The number of carbonyl (C=O) groups is 2. The summed E-state index contributed by atoms with van der Waals surface area (Å²) < 4.78 is 0. The summed E-state index contributed by atoms with van der Waals surface area (Å²) in [6, 6.07) is 13.0. The number of amides is 2. The van der Waals surface area contributed by atoms with Gasteiger partial charge in [-0.15, -0.1) is 0 Å². The SMILES string of the molecule is Cc1ccc(N2C(=O)C[C@H](Nc3cc(C)ccc3C)C2=O)cc1. The molecule has 1 atom stereocenters. The lowest BCUT2D eigenvalue weighted by Crippen LogP contribution is -2.34. The second kappa shape index (κ2) is 5.88. The maximum Gasteiger partial charge on any atom is 0.256 e. The van der Waals surface area contributed by atoms with E-state index in [1.807, 2.05) is 63.2 Å². The lowest BCUT2D eigenvalue weighted by atomic mass is 10.1. The van der Waals surface area contributed by atoms with Crippen molar-refractivity contribution in [3.63, 3.8) is 0 Å². The molecule has 2 aromatic carbocycles. The van der Waals surface area contributed by atoms with Crippen LogP contribution in [-0.2, 0) is 9.59 Å². The van der Waals surface area contributed by atoms with E-state index in [0.717, 1.165) is 22.4 Å². The minimum Gasteiger partial charge on any atom is -0.373 e. The fraction of sp³-hybridized carbons (Fsp3) is 0.263. The Morgan fingerprint density at radius 2 is 1.61 bits per heavy atom. The Morgan fingerprint density at radius 3 is 2.30 bits per heavy atom. The zero-order chi connectivity index (χ0) is 16.6. The average molecular weight is 308 g/mol. The van der Waals surface area contributed by atoms with E-state index in [1.54, 1.807) is 0 Å². The molecule has 4 nitrogen and oxygen atoms in total. The second-order valence-corrected chi connectivity index (χ2v) is 6.12. The molecule has 3 rings (SSSR count). The van der Waals surface area contributed by atoms with Crippen LogP contribution < -0.4 is 10.2 Å². The third kappa shape index (κ3) is 2.97. The van der Waals surface area contributed by atoms with Crippen molar-refractivity contribution in [1.82, 2.24) is 0 Å². The van der Waals surface area contributed by atoms with Crippen molar-refractivity contribution >= 4 is 23.2 Å². The predicted molar refractivity (Wildman–Crippen MR) is 91.6 cm³/mol. The summed E-state index contributed by atoms with van der Waals surface area (Å²) in [7, 11) is 0. The van der Waals surface area contributed by atoms with Gasteiger partial charge in [-0.05, 0) is 50.1 Å². The molecule has 0 aliphatic carbocycles. The fourth-order valence-corrected chi connectivity index (χ4v) is 2.79. The van der Waals surface area contributed by atoms with Crippen molar-refractivity contribution in [2.45, 2.75) is 33.2 Å². The molecule has 4 heteroatoms. The van der Waals surface area contributed by atoms with Crippen LogP contribution in [0.15, 0.2) is 42.5 Å². The minimum atomic E-state index is -0.510. The lowest BCUT2D eigenvalue weighted by molar-refractivity contribution is -0.121. The summed E-state index contributed by atoms with van der Waals surface area (Å²) in [6.07, 6.45) is 0.181. The molecule has 0 unspecified atom stereocenters. The number of anilines is 2. The topological polar surface area (TPSA) is 49.4 Å². The van der Waals surface area contributed by atoms with E-state index in [-0.39, 0.29) is 18.2 Å². The molecule has 1 N–H and O–H groups in total. The lowest BCUT2D eigenvalue weighted by Gasteiger charge is -2.17. The van der Waals surface area contributed by atoms with Gasteiger partial charge in [0.1, 0.15) is 6.04 Å². The first-order valence-corrected chi connectivity index (χ1v) is 7.73. The molecule has 23 heavy (non-hydrogen) atoms. The first-order chi connectivity index (χ1) is 11.0. The van der Waals surface area contributed by atoms with E-state index < -0.39 is 6.04 Å². The van der Waals surface area contributed by atoms with Crippen LogP contribution in [0.5, 0.6) is 0 Å². The zero-order valence-electron chi connectivity index (χ0n) is 13.6. The molecular formula is C19H20N2O2. The Hall–Kier alpha value is -2.62. The maximum absolute atomic E-state index is 12.6. The van der Waals surface area contributed by atoms with Crippen molar-refractivity contribution in [3.05, 3.63) is 59.2 Å². The summed E-state index contributed by atoms with van der Waals surface area (Å²) in [6.45, 7) is 5.97. The zero-order valence-corrected chi connectivity index (χ0v) is 13.6. The van der Waals surface area contributed by atoms with Crippen molar-refractivity contribution in [3.8, 4) is 0 Å². The number of hydrogen-bond donors (Lipinski definition) is 1. The maximum atomic E-state index is 12.6. The number of imide groups is 1. The first-order valence-electron chi connectivity index (χ1n) is 7.73. The summed E-state index contributed by atoms with van der Waals surface area (Å²) in [5.41, 5.74) is 4.81. The van der Waals surface area contributed by atoms with Crippen LogP contribution in [-0.4, -0.2) is 17.9 Å². The molecular weight excluding hydrogens is 288 g/mol. The van der Waals surface area contributed by atoms with Gasteiger partial charge in [-0.2, -0.15) is 0 Å². The monoisotopic (exact) mass is 308 g/mol. The normalized spacial score (nSPS) is 17.7. The molecule has 118 valence electrons. The molecule has 0 spiro atoms. The van der Waals surface area contributed by atoms with Gasteiger partial charge in [0.25, 0.3) is 5.91 Å². The highest BCUT2D eigenvalue weighted by Gasteiger charge is 2.39. The van der Waals surface area contributed by atoms with Gasteiger partial charge < -0.3 is 5.32 Å². The Morgan fingerprint density at radius 1 is 0.957 bits per heavy atom. The summed E-state index contributed by atoms with van der Waals surface area (Å²) in [4.78, 5) is 26.2. The molecule has 1 saturated heterocycles. The smallest absolute Gasteiger partial charge is 0.256 e. The number of nitrogens with zero attached hydrogens (tertiary/aromatic N) is 1. The summed E-state index contributed by atoms with van der Waals surface area (Å²) >= 11 is 0. The minimum absolute atomic E-state index is 0.165. The third-order valence-electron chi connectivity index (χ3n) is 4.16. The van der Waals surface area contributed by atoms with Crippen molar-refractivity contribution in [2.75, 3.05) is 10.2 Å². The standard InChI is InChI=1S/C19H20N2O2/c1-12-5-8-15(9-6-12)21-18(22)11-17(19(21)23)20-16-10-13(2)4-7-14(16)3/h4-10,17,20H,11H2,1-3H3/t17-/m0/s1. The van der Waals surface area contributed by atoms with E-state index in [4.69, 9.17) is 0 Å². The first kappa shape index (κ1) is 15.3. The number of carbonyl (C=O) groups excluding carboxylic acids is 2. The van der Waals surface area contributed by atoms with Crippen molar-refractivity contribution in [2.24, 2.45) is 0 Å². The molecule has 2 amide bonds. The van der Waals surface area contributed by atoms with Crippen molar-refractivity contribution < 1.29 is 9.59 Å². The molecule has 0 aromatic heterocycles. The number of aryl methyl sites for hydroxylation is 3. The Balaban J connectivity index is 1.83. The van der Waals surface area contributed by atoms with Crippen LogP contribution in [0.1, 0.15) is 23.1 Å². The highest BCUT2D eigenvalue weighted by molar-refractivity contribution is 6.23. The van der Waals surface area contributed by atoms with Crippen LogP contribution in [0.25, 0.3) is 0 Å². The molecule has 1 fully saturated rings. The van der Waals surface area contributed by atoms with Gasteiger partial charge in [-0.3, -0.25) is 9.59 Å². The molecule has 0 saturated carbocycles. The molecule has 1 aliphatic heterocycles. The molecule has 0 radical (unpaired) electrons. The average Bonchev–Trinajstić information content (AvgIpc) is 2.79. The summed E-state index contributed by atoms with van der Waals surface area (Å²) in [5, 5.41) is 3.23. The van der Waals surface area contributed by atoms with Gasteiger partial charge in [-0.25, -0.2) is 4.90 Å². The predicted octanol–water partition coefficient (Wildman–Crippen LogP) is 3.36. The van der Waals surface area contributed by atoms with Crippen LogP contribution in [0.2, 0.25) is 0 Å². The number of nitrogens with one attached hydrogen (secondary N) is 1.